The van der Waals surface area contributed by atoms with E-state index in [4.69, 9.17) is 4.74 Å². The van der Waals surface area contributed by atoms with Crippen molar-refractivity contribution in [1.82, 2.24) is 9.71 Å². The third-order valence-electron chi connectivity index (χ3n) is 3.87. The van der Waals surface area contributed by atoms with Gasteiger partial charge in [0.2, 0.25) is 10.0 Å². The molecule has 0 spiro atoms. The molecule has 1 saturated heterocycles. The summed E-state index contributed by atoms with van der Waals surface area (Å²) in [5.41, 5.74) is 0.935. The lowest BCUT2D eigenvalue weighted by Gasteiger charge is -2.12. The van der Waals surface area contributed by atoms with Crippen molar-refractivity contribution < 1.29 is 17.9 Å². The Hall–Kier alpha value is -2.29. The van der Waals surface area contributed by atoms with Crippen LogP contribution in [0, 0.1) is 0 Å². The van der Waals surface area contributed by atoms with Crippen LogP contribution >= 0.6 is 0 Å². The molecule has 1 aromatic carbocycles. The average molecular weight is 361 g/mol. The van der Waals surface area contributed by atoms with Gasteiger partial charge in [0, 0.05) is 31.2 Å². The summed E-state index contributed by atoms with van der Waals surface area (Å²) in [6, 6.07) is 9.33. The highest BCUT2D eigenvalue weighted by Crippen LogP contribution is 2.16. The number of carbonyl (C=O) groups is 1. The molecule has 3 rings (SSSR count). The number of anilines is 1. The second kappa shape index (κ2) is 7.73. The van der Waals surface area contributed by atoms with Gasteiger partial charge in [0.15, 0.2) is 0 Å². The lowest BCUT2D eigenvalue weighted by Crippen LogP contribution is -2.31. The van der Waals surface area contributed by atoms with E-state index >= 15 is 0 Å². The first-order chi connectivity index (χ1) is 12.0. The minimum atomic E-state index is -3.60. The normalized spacial score (nSPS) is 17.4. The van der Waals surface area contributed by atoms with E-state index in [0.29, 0.717) is 17.9 Å². The predicted molar refractivity (Wildman–Crippen MR) is 92.8 cm³/mol. The van der Waals surface area contributed by atoms with E-state index in [9.17, 15) is 13.2 Å². The highest BCUT2D eigenvalue weighted by atomic mass is 32.2. The summed E-state index contributed by atoms with van der Waals surface area (Å²) in [5, 5.41) is 2.70. The van der Waals surface area contributed by atoms with Gasteiger partial charge in [0.25, 0.3) is 5.91 Å². The van der Waals surface area contributed by atoms with E-state index in [2.05, 4.69) is 15.0 Å². The van der Waals surface area contributed by atoms with Crippen molar-refractivity contribution in [3.63, 3.8) is 0 Å². The number of ether oxygens (including phenoxy) is 1. The van der Waals surface area contributed by atoms with E-state index < -0.39 is 10.0 Å². The first kappa shape index (κ1) is 17.5. The van der Waals surface area contributed by atoms with Gasteiger partial charge < -0.3 is 10.1 Å². The highest BCUT2D eigenvalue weighted by Gasteiger charge is 2.20. The standard InChI is InChI=1S/C17H19N3O4S/c21-17(13-3-1-9-18-11-13)20-14-5-7-16(8-6-14)25(22,23)19-12-15-4-2-10-24-15/h1,3,5-9,11,15,19H,2,4,10,12H2,(H,20,21)/t15-/m1/s1. The van der Waals surface area contributed by atoms with Gasteiger partial charge in [-0.3, -0.25) is 9.78 Å². The summed E-state index contributed by atoms with van der Waals surface area (Å²) in [6.07, 6.45) is 4.80. The molecular formula is C17H19N3O4S. The molecule has 132 valence electrons. The number of benzene rings is 1. The number of hydrogen-bond acceptors (Lipinski definition) is 5. The van der Waals surface area contributed by atoms with Gasteiger partial charge >= 0.3 is 0 Å². The maximum absolute atomic E-state index is 12.3. The molecule has 1 aliphatic rings. The SMILES string of the molecule is O=C(Nc1ccc(S(=O)(=O)NC[C@H]2CCCO2)cc1)c1cccnc1. The third-order valence-corrected chi connectivity index (χ3v) is 5.31. The molecule has 2 aromatic rings. The van der Waals surface area contributed by atoms with Crippen molar-refractivity contribution in [3.8, 4) is 0 Å². The first-order valence-corrected chi connectivity index (χ1v) is 9.46. The van der Waals surface area contributed by atoms with Crippen molar-refractivity contribution in [1.29, 1.82) is 0 Å². The van der Waals surface area contributed by atoms with Crippen LogP contribution in [0.5, 0.6) is 0 Å². The van der Waals surface area contributed by atoms with Crippen molar-refractivity contribution in [2.45, 2.75) is 23.8 Å². The van der Waals surface area contributed by atoms with Crippen LogP contribution in [0.25, 0.3) is 0 Å². The zero-order chi connectivity index (χ0) is 17.7. The van der Waals surface area contributed by atoms with E-state index in [0.717, 1.165) is 12.8 Å². The Balaban J connectivity index is 1.62. The number of hydrogen-bond donors (Lipinski definition) is 2. The number of rotatable bonds is 6. The number of pyridine rings is 1. The van der Waals surface area contributed by atoms with Crippen molar-refractivity contribution in [2.75, 3.05) is 18.5 Å². The van der Waals surface area contributed by atoms with Crippen molar-refractivity contribution in [3.05, 3.63) is 54.4 Å². The van der Waals surface area contributed by atoms with Crippen molar-refractivity contribution in [2.24, 2.45) is 0 Å². The fourth-order valence-electron chi connectivity index (χ4n) is 2.51. The van der Waals surface area contributed by atoms with Gasteiger partial charge in [-0.05, 0) is 49.2 Å². The molecular weight excluding hydrogens is 342 g/mol. The van der Waals surface area contributed by atoms with Crippen LogP contribution in [0.2, 0.25) is 0 Å². The monoisotopic (exact) mass is 361 g/mol. The first-order valence-electron chi connectivity index (χ1n) is 7.97. The van der Waals surface area contributed by atoms with Crippen LogP contribution in [0.1, 0.15) is 23.2 Å². The molecule has 8 heteroatoms. The van der Waals surface area contributed by atoms with Crippen LogP contribution in [0.15, 0.2) is 53.7 Å². The lowest BCUT2D eigenvalue weighted by molar-refractivity contribution is 0.102. The fraction of sp³-hybridized carbons (Fsp3) is 0.294. The van der Waals surface area contributed by atoms with Gasteiger partial charge in [-0.1, -0.05) is 0 Å². The van der Waals surface area contributed by atoms with E-state index in [1.165, 1.54) is 18.3 Å². The van der Waals surface area contributed by atoms with Crippen LogP contribution in [0.3, 0.4) is 0 Å². The van der Waals surface area contributed by atoms with Gasteiger partial charge in [-0.25, -0.2) is 13.1 Å². The third kappa shape index (κ3) is 4.62. The van der Waals surface area contributed by atoms with E-state index in [1.807, 2.05) is 0 Å². The molecule has 0 radical (unpaired) electrons. The number of nitrogens with zero attached hydrogens (tertiary/aromatic N) is 1. The van der Waals surface area contributed by atoms with E-state index in [1.54, 1.807) is 30.5 Å². The molecule has 1 amide bonds. The largest absolute Gasteiger partial charge is 0.377 e. The predicted octanol–water partition coefficient (Wildman–Crippen LogP) is 1.79. The molecule has 1 aliphatic heterocycles. The Morgan fingerprint density at radius 3 is 2.68 bits per heavy atom. The van der Waals surface area contributed by atoms with Gasteiger partial charge in [-0.2, -0.15) is 0 Å². The van der Waals surface area contributed by atoms with Gasteiger partial charge in [0.1, 0.15) is 0 Å². The molecule has 1 aromatic heterocycles. The van der Waals surface area contributed by atoms with Crippen LogP contribution in [0.4, 0.5) is 5.69 Å². The zero-order valence-corrected chi connectivity index (χ0v) is 14.3. The van der Waals surface area contributed by atoms with Crippen LogP contribution in [-0.2, 0) is 14.8 Å². The van der Waals surface area contributed by atoms with Gasteiger partial charge in [-0.15, -0.1) is 0 Å². The number of amides is 1. The van der Waals surface area contributed by atoms with Gasteiger partial charge in [0.05, 0.1) is 16.6 Å². The molecule has 2 N–H and O–H groups in total. The highest BCUT2D eigenvalue weighted by molar-refractivity contribution is 7.89. The molecule has 1 fully saturated rings. The molecule has 0 unspecified atom stereocenters. The molecule has 0 aliphatic carbocycles. The Morgan fingerprint density at radius 1 is 1.24 bits per heavy atom. The summed E-state index contributed by atoms with van der Waals surface area (Å²) in [6.45, 7) is 0.944. The zero-order valence-electron chi connectivity index (χ0n) is 13.5. The molecule has 25 heavy (non-hydrogen) atoms. The van der Waals surface area contributed by atoms with Crippen LogP contribution < -0.4 is 10.0 Å². The minimum Gasteiger partial charge on any atom is -0.377 e. The molecule has 7 nitrogen and oxygen atoms in total. The fourth-order valence-corrected chi connectivity index (χ4v) is 3.58. The Kier molecular flexibility index (Phi) is 5.42. The lowest BCUT2D eigenvalue weighted by atomic mass is 10.2. The quantitative estimate of drug-likeness (QED) is 0.817. The summed E-state index contributed by atoms with van der Waals surface area (Å²) >= 11 is 0. The summed E-state index contributed by atoms with van der Waals surface area (Å²) in [7, 11) is -3.60. The average Bonchev–Trinajstić information content (AvgIpc) is 3.15. The summed E-state index contributed by atoms with van der Waals surface area (Å²) in [4.78, 5) is 16.1. The number of nitrogens with one attached hydrogen (secondary N) is 2. The molecule has 1 atom stereocenters. The van der Waals surface area contributed by atoms with Crippen molar-refractivity contribution >= 4 is 21.6 Å². The summed E-state index contributed by atoms with van der Waals surface area (Å²) in [5.74, 6) is -0.305. The number of carbonyl (C=O) groups excluding carboxylic acids is 1. The Morgan fingerprint density at radius 2 is 2.04 bits per heavy atom. The topological polar surface area (TPSA) is 97.4 Å². The number of aromatic nitrogens is 1. The second-order valence-corrected chi connectivity index (χ2v) is 7.47. The van der Waals surface area contributed by atoms with E-state index in [-0.39, 0.29) is 23.5 Å². The maximum atomic E-state index is 12.3. The maximum Gasteiger partial charge on any atom is 0.257 e. The smallest absolute Gasteiger partial charge is 0.257 e. The molecule has 2 heterocycles. The minimum absolute atomic E-state index is 0.0622. The molecule has 0 bridgehead atoms. The number of sulfonamides is 1. The Bertz CT molecular complexity index is 817. The Labute approximate surface area is 146 Å². The summed E-state index contributed by atoms with van der Waals surface area (Å²) < 4.78 is 32.5. The molecule has 0 saturated carbocycles. The second-order valence-electron chi connectivity index (χ2n) is 5.71. The van der Waals surface area contributed by atoms with Crippen LogP contribution in [-0.4, -0.2) is 38.6 Å².